The molecule has 1 unspecified atom stereocenters. The van der Waals surface area contributed by atoms with Gasteiger partial charge in [0, 0.05) is 11.7 Å². The second-order valence-corrected chi connectivity index (χ2v) is 4.69. The van der Waals surface area contributed by atoms with Crippen LogP contribution in [0.5, 0.6) is 0 Å². The first-order chi connectivity index (χ1) is 8.02. The van der Waals surface area contributed by atoms with Crippen molar-refractivity contribution >= 4 is 11.7 Å². The molecular weight excluding hydrogens is 212 g/mol. The Labute approximate surface area is 104 Å². The largest absolute Gasteiger partial charge is 0.335 e. The lowest BCUT2D eigenvalue weighted by Gasteiger charge is -2.18. The van der Waals surface area contributed by atoms with Gasteiger partial charge in [-0.3, -0.25) is 0 Å². The van der Waals surface area contributed by atoms with Crippen molar-refractivity contribution in [1.29, 1.82) is 0 Å². The molecule has 0 aliphatic heterocycles. The van der Waals surface area contributed by atoms with Gasteiger partial charge in [-0.1, -0.05) is 32.9 Å². The average molecular weight is 234 g/mol. The molecule has 3 nitrogen and oxygen atoms in total. The Morgan fingerprint density at radius 1 is 1.29 bits per heavy atom. The molecule has 0 saturated heterocycles. The van der Waals surface area contributed by atoms with E-state index in [4.69, 9.17) is 0 Å². The number of hydrogen-bond donors (Lipinski definition) is 2. The summed E-state index contributed by atoms with van der Waals surface area (Å²) in [6, 6.07) is 7.95. The highest BCUT2D eigenvalue weighted by atomic mass is 16.2. The number of amides is 2. The molecule has 1 aromatic carbocycles. The summed E-state index contributed by atoms with van der Waals surface area (Å²) in [7, 11) is 0. The maximum Gasteiger partial charge on any atom is 0.319 e. The smallest absolute Gasteiger partial charge is 0.319 e. The molecule has 2 N–H and O–H groups in total. The Morgan fingerprint density at radius 3 is 2.59 bits per heavy atom. The molecule has 17 heavy (non-hydrogen) atoms. The molecule has 1 aromatic rings. The van der Waals surface area contributed by atoms with Gasteiger partial charge in [0.05, 0.1) is 0 Å². The van der Waals surface area contributed by atoms with Crippen LogP contribution in [0.4, 0.5) is 10.5 Å². The minimum atomic E-state index is -0.139. The number of hydrogen-bond acceptors (Lipinski definition) is 1. The van der Waals surface area contributed by atoms with Gasteiger partial charge in [0.1, 0.15) is 0 Å². The zero-order chi connectivity index (χ0) is 12.8. The molecule has 0 aliphatic rings. The fraction of sp³-hybridized carbons (Fsp3) is 0.500. The number of nitrogens with one attached hydrogen (secondary N) is 2. The van der Waals surface area contributed by atoms with Gasteiger partial charge in [-0.05, 0) is 37.0 Å². The molecule has 1 atom stereocenters. The van der Waals surface area contributed by atoms with Crippen molar-refractivity contribution in [2.45, 2.75) is 40.2 Å². The number of benzene rings is 1. The zero-order valence-electron chi connectivity index (χ0n) is 11.1. The lowest BCUT2D eigenvalue weighted by Crippen LogP contribution is -2.38. The molecule has 0 radical (unpaired) electrons. The predicted molar refractivity (Wildman–Crippen MR) is 72.3 cm³/mol. The van der Waals surface area contributed by atoms with E-state index in [0.717, 1.165) is 12.1 Å². The third-order valence-electron chi connectivity index (χ3n) is 2.95. The van der Waals surface area contributed by atoms with E-state index in [-0.39, 0.29) is 12.1 Å². The maximum absolute atomic E-state index is 11.7. The lowest BCUT2D eigenvalue weighted by molar-refractivity contribution is 0.246. The molecular formula is C14H22N2O. The van der Waals surface area contributed by atoms with Crippen LogP contribution in [0.25, 0.3) is 0 Å². The standard InChI is InChI=1S/C14H22N2O/c1-5-12-7-6-8-13(9-12)16-14(17)15-11(4)10(2)3/h6-11H,5H2,1-4H3,(H2,15,16,17). The Kier molecular flexibility index (Phi) is 5.01. The molecule has 0 aromatic heterocycles. The third-order valence-corrected chi connectivity index (χ3v) is 2.95. The number of aryl methyl sites for hydroxylation is 1. The van der Waals surface area contributed by atoms with Gasteiger partial charge in [0.25, 0.3) is 0 Å². The SMILES string of the molecule is CCc1cccc(NC(=O)NC(C)C(C)C)c1. The van der Waals surface area contributed by atoms with Crippen LogP contribution < -0.4 is 10.6 Å². The van der Waals surface area contributed by atoms with E-state index >= 15 is 0 Å². The molecule has 0 saturated carbocycles. The van der Waals surface area contributed by atoms with Crippen molar-refractivity contribution in [1.82, 2.24) is 5.32 Å². The Balaban J connectivity index is 2.55. The quantitative estimate of drug-likeness (QED) is 0.823. The van der Waals surface area contributed by atoms with Gasteiger partial charge in [0.15, 0.2) is 0 Å². The van der Waals surface area contributed by atoms with Crippen molar-refractivity contribution in [2.75, 3.05) is 5.32 Å². The summed E-state index contributed by atoms with van der Waals surface area (Å²) < 4.78 is 0. The summed E-state index contributed by atoms with van der Waals surface area (Å²) in [5, 5.41) is 5.77. The maximum atomic E-state index is 11.7. The summed E-state index contributed by atoms with van der Waals surface area (Å²) in [5.41, 5.74) is 2.07. The summed E-state index contributed by atoms with van der Waals surface area (Å²) in [6.07, 6.45) is 0.972. The van der Waals surface area contributed by atoms with Crippen molar-refractivity contribution in [3.05, 3.63) is 29.8 Å². The van der Waals surface area contributed by atoms with Gasteiger partial charge in [-0.15, -0.1) is 0 Å². The lowest BCUT2D eigenvalue weighted by atomic mass is 10.1. The van der Waals surface area contributed by atoms with Gasteiger partial charge in [-0.2, -0.15) is 0 Å². The Morgan fingerprint density at radius 2 is 2.00 bits per heavy atom. The molecule has 0 fully saturated rings. The zero-order valence-corrected chi connectivity index (χ0v) is 11.1. The van der Waals surface area contributed by atoms with Crippen molar-refractivity contribution < 1.29 is 4.79 Å². The van der Waals surface area contributed by atoms with Crippen LogP contribution in [0.3, 0.4) is 0 Å². The Bertz CT molecular complexity index is 374. The second-order valence-electron chi connectivity index (χ2n) is 4.69. The van der Waals surface area contributed by atoms with E-state index in [9.17, 15) is 4.79 Å². The van der Waals surface area contributed by atoms with Crippen molar-refractivity contribution in [2.24, 2.45) is 5.92 Å². The van der Waals surface area contributed by atoms with E-state index in [1.54, 1.807) is 0 Å². The van der Waals surface area contributed by atoms with E-state index in [1.165, 1.54) is 5.56 Å². The average Bonchev–Trinajstić information content (AvgIpc) is 2.28. The molecule has 2 amide bonds. The molecule has 94 valence electrons. The van der Waals surface area contributed by atoms with Crippen LogP contribution in [0.2, 0.25) is 0 Å². The first-order valence-corrected chi connectivity index (χ1v) is 6.19. The molecule has 1 rings (SSSR count). The second kappa shape index (κ2) is 6.28. The first-order valence-electron chi connectivity index (χ1n) is 6.19. The van der Waals surface area contributed by atoms with Crippen LogP contribution >= 0.6 is 0 Å². The van der Waals surface area contributed by atoms with Crippen LogP contribution in [0.15, 0.2) is 24.3 Å². The fourth-order valence-electron chi connectivity index (χ4n) is 1.41. The normalized spacial score (nSPS) is 12.3. The van der Waals surface area contributed by atoms with Gasteiger partial charge < -0.3 is 10.6 Å². The van der Waals surface area contributed by atoms with Crippen LogP contribution in [-0.4, -0.2) is 12.1 Å². The molecule has 0 heterocycles. The van der Waals surface area contributed by atoms with E-state index in [1.807, 2.05) is 25.1 Å². The summed E-state index contributed by atoms with van der Waals surface area (Å²) >= 11 is 0. The molecule has 3 heteroatoms. The summed E-state index contributed by atoms with van der Waals surface area (Å²) in [5.74, 6) is 0.433. The van der Waals surface area contributed by atoms with Gasteiger partial charge >= 0.3 is 6.03 Å². The molecule has 0 spiro atoms. The predicted octanol–water partition coefficient (Wildman–Crippen LogP) is 3.42. The fourth-order valence-corrected chi connectivity index (χ4v) is 1.41. The minimum absolute atomic E-state index is 0.139. The van der Waals surface area contributed by atoms with Crippen LogP contribution in [0.1, 0.15) is 33.3 Å². The summed E-state index contributed by atoms with van der Waals surface area (Å²) in [6.45, 7) is 8.28. The first kappa shape index (κ1) is 13.6. The van der Waals surface area contributed by atoms with E-state index in [2.05, 4.69) is 37.5 Å². The number of anilines is 1. The minimum Gasteiger partial charge on any atom is -0.335 e. The van der Waals surface area contributed by atoms with E-state index in [0.29, 0.717) is 5.92 Å². The Hall–Kier alpha value is -1.51. The van der Waals surface area contributed by atoms with Crippen LogP contribution in [0, 0.1) is 5.92 Å². The number of rotatable bonds is 4. The number of carbonyl (C=O) groups excluding carboxylic acids is 1. The number of carbonyl (C=O) groups is 1. The van der Waals surface area contributed by atoms with Gasteiger partial charge in [0.2, 0.25) is 0 Å². The number of urea groups is 1. The monoisotopic (exact) mass is 234 g/mol. The molecule has 0 aliphatic carbocycles. The highest BCUT2D eigenvalue weighted by Crippen LogP contribution is 2.11. The van der Waals surface area contributed by atoms with Gasteiger partial charge in [-0.25, -0.2) is 4.79 Å². The summed E-state index contributed by atoms with van der Waals surface area (Å²) in [4.78, 5) is 11.7. The third kappa shape index (κ3) is 4.47. The van der Waals surface area contributed by atoms with Crippen molar-refractivity contribution in [3.8, 4) is 0 Å². The topological polar surface area (TPSA) is 41.1 Å². The van der Waals surface area contributed by atoms with E-state index < -0.39 is 0 Å². The van der Waals surface area contributed by atoms with Crippen LogP contribution in [-0.2, 0) is 6.42 Å². The highest BCUT2D eigenvalue weighted by molar-refractivity contribution is 5.89. The highest BCUT2D eigenvalue weighted by Gasteiger charge is 2.10. The molecule has 0 bridgehead atoms. The van der Waals surface area contributed by atoms with Crippen molar-refractivity contribution in [3.63, 3.8) is 0 Å².